The number of hydrogen-bond acceptors (Lipinski definition) is 3. The van der Waals surface area contributed by atoms with E-state index < -0.39 is 0 Å². The lowest BCUT2D eigenvalue weighted by Gasteiger charge is -2.01. The fourth-order valence-electron chi connectivity index (χ4n) is 2.09. The van der Waals surface area contributed by atoms with Crippen molar-refractivity contribution in [1.82, 2.24) is 10.2 Å². The molecule has 4 nitrogen and oxygen atoms in total. The van der Waals surface area contributed by atoms with E-state index in [4.69, 9.17) is 11.6 Å². The lowest BCUT2D eigenvalue weighted by Crippen LogP contribution is -2.00. The van der Waals surface area contributed by atoms with Gasteiger partial charge in [-0.05, 0) is 30.3 Å². The second kappa shape index (κ2) is 4.98. The van der Waals surface area contributed by atoms with Crippen molar-refractivity contribution >= 4 is 28.5 Å². The molecule has 3 aromatic rings. The molecule has 0 aliphatic carbocycles. The molecule has 0 saturated carbocycles. The molecule has 0 unspecified atom stereocenters. The SMILES string of the molecule is COC(=O)c1ccc(-c2n[nH]c3cc(Cl)ccc23)cc1. The highest BCUT2D eigenvalue weighted by molar-refractivity contribution is 6.31. The Hall–Kier alpha value is -2.33. The number of carbonyl (C=O) groups excluding carboxylic acids is 1. The lowest BCUT2D eigenvalue weighted by molar-refractivity contribution is 0.0601. The van der Waals surface area contributed by atoms with Crippen molar-refractivity contribution in [3.05, 3.63) is 53.1 Å². The first-order valence-electron chi connectivity index (χ1n) is 6.01. The van der Waals surface area contributed by atoms with Crippen molar-refractivity contribution in [3.8, 4) is 11.3 Å². The second-order valence-corrected chi connectivity index (χ2v) is 4.77. The van der Waals surface area contributed by atoms with E-state index in [2.05, 4.69) is 14.9 Å². The topological polar surface area (TPSA) is 55.0 Å². The smallest absolute Gasteiger partial charge is 0.337 e. The van der Waals surface area contributed by atoms with Crippen LogP contribution in [0, 0.1) is 0 Å². The van der Waals surface area contributed by atoms with Crippen molar-refractivity contribution < 1.29 is 9.53 Å². The molecule has 0 saturated heterocycles. The number of nitrogens with one attached hydrogen (secondary N) is 1. The average molecular weight is 287 g/mol. The molecular formula is C15H11ClN2O2. The van der Waals surface area contributed by atoms with Crippen LogP contribution in [0.5, 0.6) is 0 Å². The van der Waals surface area contributed by atoms with Gasteiger partial charge in [-0.25, -0.2) is 4.79 Å². The molecule has 1 N–H and O–H groups in total. The summed E-state index contributed by atoms with van der Waals surface area (Å²) in [7, 11) is 1.36. The van der Waals surface area contributed by atoms with Gasteiger partial charge in [-0.15, -0.1) is 0 Å². The second-order valence-electron chi connectivity index (χ2n) is 4.33. The zero-order valence-electron chi connectivity index (χ0n) is 10.7. The predicted molar refractivity (Wildman–Crippen MR) is 77.9 cm³/mol. The Morgan fingerprint density at radius 1 is 1.20 bits per heavy atom. The summed E-state index contributed by atoms with van der Waals surface area (Å²) < 4.78 is 4.67. The maximum absolute atomic E-state index is 11.4. The van der Waals surface area contributed by atoms with Crippen molar-refractivity contribution in [1.29, 1.82) is 0 Å². The van der Waals surface area contributed by atoms with E-state index in [1.54, 1.807) is 12.1 Å². The molecule has 0 atom stereocenters. The normalized spacial score (nSPS) is 10.7. The predicted octanol–water partition coefficient (Wildman–Crippen LogP) is 3.67. The fourth-order valence-corrected chi connectivity index (χ4v) is 2.27. The van der Waals surface area contributed by atoms with E-state index in [0.29, 0.717) is 10.6 Å². The Labute approximate surface area is 120 Å². The summed E-state index contributed by atoms with van der Waals surface area (Å²) in [5.41, 5.74) is 3.14. The monoisotopic (exact) mass is 286 g/mol. The third kappa shape index (κ3) is 2.14. The highest BCUT2D eigenvalue weighted by Gasteiger charge is 2.10. The molecule has 0 amide bonds. The van der Waals surface area contributed by atoms with E-state index in [1.807, 2.05) is 30.3 Å². The van der Waals surface area contributed by atoms with Gasteiger partial charge in [0.2, 0.25) is 0 Å². The van der Waals surface area contributed by atoms with Gasteiger partial charge in [0.15, 0.2) is 0 Å². The van der Waals surface area contributed by atoms with Gasteiger partial charge in [0.25, 0.3) is 0 Å². The van der Waals surface area contributed by atoms with Crippen LogP contribution in [0.1, 0.15) is 10.4 Å². The molecule has 1 aromatic heterocycles. The van der Waals surface area contributed by atoms with Crippen LogP contribution < -0.4 is 0 Å². The standard InChI is InChI=1S/C15H11ClN2O2/c1-20-15(19)10-4-2-9(3-5-10)14-12-7-6-11(16)8-13(12)17-18-14/h2-8H,1H3,(H,17,18). The number of H-pyrrole nitrogens is 1. The van der Waals surface area contributed by atoms with Gasteiger partial charge >= 0.3 is 5.97 Å². The largest absolute Gasteiger partial charge is 0.465 e. The number of nitrogens with zero attached hydrogens (tertiary/aromatic N) is 1. The number of hydrogen-bond donors (Lipinski definition) is 1. The molecule has 3 rings (SSSR count). The number of aromatic nitrogens is 2. The summed E-state index contributed by atoms with van der Waals surface area (Å²) in [5.74, 6) is -0.352. The Bertz CT molecular complexity index is 778. The number of methoxy groups -OCH3 is 1. The van der Waals surface area contributed by atoms with Crippen molar-refractivity contribution in [2.45, 2.75) is 0 Å². The Morgan fingerprint density at radius 3 is 2.65 bits per heavy atom. The maximum atomic E-state index is 11.4. The minimum atomic E-state index is -0.352. The van der Waals surface area contributed by atoms with Crippen LogP contribution in [-0.4, -0.2) is 23.3 Å². The van der Waals surface area contributed by atoms with E-state index in [9.17, 15) is 4.79 Å². The van der Waals surface area contributed by atoms with E-state index in [-0.39, 0.29) is 5.97 Å². The van der Waals surface area contributed by atoms with Crippen LogP contribution in [0.2, 0.25) is 5.02 Å². The Kier molecular flexibility index (Phi) is 3.16. The number of rotatable bonds is 2. The Morgan fingerprint density at radius 2 is 1.95 bits per heavy atom. The zero-order valence-corrected chi connectivity index (χ0v) is 11.4. The van der Waals surface area contributed by atoms with E-state index >= 15 is 0 Å². The van der Waals surface area contributed by atoms with Gasteiger partial charge in [0, 0.05) is 16.0 Å². The van der Waals surface area contributed by atoms with Crippen LogP contribution in [0.3, 0.4) is 0 Å². The van der Waals surface area contributed by atoms with Gasteiger partial charge in [0.1, 0.15) is 0 Å². The first-order chi connectivity index (χ1) is 9.69. The molecule has 1 heterocycles. The van der Waals surface area contributed by atoms with Crippen molar-refractivity contribution in [2.75, 3.05) is 7.11 Å². The molecule has 0 fully saturated rings. The van der Waals surface area contributed by atoms with E-state index in [0.717, 1.165) is 22.2 Å². The summed E-state index contributed by atoms with van der Waals surface area (Å²) in [5, 5.41) is 8.90. The fraction of sp³-hybridized carbons (Fsp3) is 0.0667. The number of esters is 1. The number of ether oxygens (including phenoxy) is 1. The molecule has 0 radical (unpaired) electrons. The number of carbonyl (C=O) groups is 1. The Balaban J connectivity index is 2.05. The maximum Gasteiger partial charge on any atom is 0.337 e. The number of aromatic amines is 1. The third-order valence-corrected chi connectivity index (χ3v) is 3.34. The minimum Gasteiger partial charge on any atom is -0.465 e. The van der Waals surface area contributed by atoms with Crippen LogP contribution in [0.15, 0.2) is 42.5 Å². The average Bonchev–Trinajstić information content (AvgIpc) is 2.89. The molecule has 2 aromatic carbocycles. The zero-order chi connectivity index (χ0) is 14.1. The first kappa shape index (κ1) is 12.7. The van der Waals surface area contributed by atoms with Gasteiger partial charge in [-0.2, -0.15) is 5.10 Å². The molecule has 5 heteroatoms. The molecule has 0 aliphatic rings. The van der Waals surface area contributed by atoms with Gasteiger partial charge in [-0.3, -0.25) is 5.10 Å². The van der Waals surface area contributed by atoms with Crippen LogP contribution in [-0.2, 0) is 4.74 Å². The lowest BCUT2D eigenvalue weighted by atomic mass is 10.1. The minimum absolute atomic E-state index is 0.352. The number of halogens is 1. The molecule has 0 spiro atoms. The number of fused-ring (bicyclic) bond motifs is 1. The number of benzene rings is 2. The van der Waals surface area contributed by atoms with Gasteiger partial charge in [0.05, 0.1) is 23.9 Å². The summed E-state index contributed by atoms with van der Waals surface area (Å²) in [6.07, 6.45) is 0. The van der Waals surface area contributed by atoms with Crippen LogP contribution >= 0.6 is 11.6 Å². The summed E-state index contributed by atoms with van der Waals surface area (Å²) in [4.78, 5) is 11.4. The summed E-state index contributed by atoms with van der Waals surface area (Å²) in [6, 6.07) is 12.7. The highest BCUT2D eigenvalue weighted by atomic mass is 35.5. The van der Waals surface area contributed by atoms with Crippen LogP contribution in [0.4, 0.5) is 0 Å². The van der Waals surface area contributed by atoms with Crippen molar-refractivity contribution in [2.24, 2.45) is 0 Å². The molecule has 0 aliphatic heterocycles. The van der Waals surface area contributed by atoms with Gasteiger partial charge in [-0.1, -0.05) is 23.7 Å². The summed E-state index contributed by atoms with van der Waals surface area (Å²) >= 11 is 5.95. The quantitative estimate of drug-likeness (QED) is 0.731. The molecule has 100 valence electrons. The van der Waals surface area contributed by atoms with Gasteiger partial charge < -0.3 is 4.74 Å². The molecule has 0 bridgehead atoms. The highest BCUT2D eigenvalue weighted by Crippen LogP contribution is 2.28. The molecule has 20 heavy (non-hydrogen) atoms. The summed E-state index contributed by atoms with van der Waals surface area (Å²) in [6.45, 7) is 0. The molecular weight excluding hydrogens is 276 g/mol. The van der Waals surface area contributed by atoms with Crippen LogP contribution in [0.25, 0.3) is 22.2 Å². The first-order valence-corrected chi connectivity index (χ1v) is 6.39. The third-order valence-electron chi connectivity index (χ3n) is 3.10. The van der Waals surface area contributed by atoms with E-state index in [1.165, 1.54) is 7.11 Å². The van der Waals surface area contributed by atoms with Crippen molar-refractivity contribution in [3.63, 3.8) is 0 Å².